The van der Waals surface area contributed by atoms with E-state index in [4.69, 9.17) is 4.74 Å². The van der Waals surface area contributed by atoms with Gasteiger partial charge in [-0.2, -0.15) is 0 Å². The summed E-state index contributed by atoms with van der Waals surface area (Å²) in [7, 11) is 0. The first-order valence-electron chi connectivity index (χ1n) is 12.9. The molecule has 0 amide bonds. The minimum Gasteiger partial charge on any atom is -0.491 e. The largest absolute Gasteiger partial charge is 0.491 e. The van der Waals surface area contributed by atoms with Gasteiger partial charge in [-0.1, -0.05) is 24.3 Å². The number of fused-ring (bicyclic) bond motifs is 2. The molecule has 7 nitrogen and oxygen atoms in total. The molecule has 0 unspecified atom stereocenters. The summed E-state index contributed by atoms with van der Waals surface area (Å²) in [5, 5.41) is 2.95. The van der Waals surface area contributed by atoms with Gasteiger partial charge in [0.25, 0.3) is 0 Å². The Hall–Kier alpha value is -4.53. The van der Waals surface area contributed by atoms with Crippen LogP contribution >= 0.6 is 0 Å². The Bertz CT molecular complexity index is 1620. The molecule has 0 fully saturated rings. The van der Waals surface area contributed by atoms with Crippen molar-refractivity contribution in [1.29, 1.82) is 0 Å². The highest BCUT2D eigenvalue weighted by Crippen LogP contribution is 2.33. The first-order chi connectivity index (χ1) is 19.1. The number of nitrogens with zero attached hydrogens (tertiary/aromatic N) is 4. The molecule has 0 radical (unpaired) electrons. The highest BCUT2D eigenvalue weighted by atomic mass is 19.1. The molecule has 3 heterocycles. The number of hydrogen-bond donors (Lipinski definition) is 2. The zero-order valence-corrected chi connectivity index (χ0v) is 21.5. The Balaban J connectivity index is 1.30. The molecule has 39 heavy (non-hydrogen) atoms. The SMILES string of the molecule is Cc1ncnc(N2CCOc3ccc(-c4ccc5nc(NCCF)[nH]c5c4)cc3C2)c1Cc1ccc(F)cc1. The van der Waals surface area contributed by atoms with Gasteiger partial charge in [0.15, 0.2) is 0 Å². The number of halogens is 2. The third-order valence-electron chi connectivity index (χ3n) is 6.97. The van der Waals surface area contributed by atoms with Gasteiger partial charge in [-0.05, 0) is 60.0 Å². The third-order valence-corrected chi connectivity index (χ3v) is 6.97. The van der Waals surface area contributed by atoms with Crippen LogP contribution in [-0.2, 0) is 13.0 Å². The number of aromatic nitrogens is 4. The van der Waals surface area contributed by atoms with E-state index in [1.54, 1.807) is 18.5 Å². The molecule has 2 N–H and O–H groups in total. The van der Waals surface area contributed by atoms with E-state index in [9.17, 15) is 8.78 Å². The van der Waals surface area contributed by atoms with E-state index < -0.39 is 6.67 Å². The highest BCUT2D eigenvalue weighted by molar-refractivity contribution is 5.83. The molecule has 0 atom stereocenters. The molecule has 1 aliphatic rings. The van der Waals surface area contributed by atoms with Crippen molar-refractivity contribution >= 4 is 22.8 Å². The van der Waals surface area contributed by atoms with Gasteiger partial charge in [0.2, 0.25) is 5.95 Å². The van der Waals surface area contributed by atoms with Crippen LogP contribution in [0.5, 0.6) is 5.75 Å². The number of nitrogens with one attached hydrogen (secondary N) is 2. The number of H-pyrrole nitrogens is 1. The van der Waals surface area contributed by atoms with E-state index in [2.05, 4.69) is 48.4 Å². The van der Waals surface area contributed by atoms with Crippen molar-refractivity contribution < 1.29 is 13.5 Å². The van der Waals surface area contributed by atoms with E-state index in [-0.39, 0.29) is 12.4 Å². The molecule has 9 heteroatoms. The number of imidazole rings is 1. The lowest BCUT2D eigenvalue weighted by Crippen LogP contribution is -2.28. The van der Waals surface area contributed by atoms with Crippen LogP contribution in [0.15, 0.2) is 67.0 Å². The van der Waals surface area contributed by atoms with Crippen molar-refractivity contribution in [3.8, 4) is 16.9 Å². The number of ether oxygens (including phenoxy) is 1. The summed E-state index contributed by atoms with van der Waals surface area (Å²) >= 11 is 0. The summed E-state index contributed by atoms with van der Waals surface area (Å²) in [6.07, 6.45) is 2.21. The molecule has 198 valence electrons. The van der Waals surface area contributed by atoms with E-state index in [0.717, 1.165) is 56.1 Å². The first kappa shape index (κ1) is 24.8. The second-order valence-electron chi connectivity index (χ2n) is 9.59. The average molecular weight is 527 g/mol. The summed E-state index contributed by atoms with van der Waals surface area (Å²) < 4.78 is 32.1. The maximum Gasteiger partial charge on any atom is 0.201 e. The minimum atomic E-state index is -0.460. The van der Waals surface area contributed by atoms with Gasteiger partial charge in [-0.3, -0.25) is 0 Å². The second kappa shape index (κ2) is 10.7. The quantitative estimate of drug-likeness (QED) is 0.278. The lowest BCUT2D eigenvalue weighted by molar-refractivity contribution is 0.331. The predicted molar refractivity (Wildman–Crippen MR) is 149 cm³/mol. The number of anilines is 2. The fourth-order valence-corrected chi connectivity index (χ4v) is 4.97. The number of alkyl halides is 1. The van der Waals surface area contributed by atoms with Crippen LogP contribution in [0.1, 0.15) is 22.4 Å². The maximum absolute atomic E-state index is 13.5. The fourth-order valence-electron chi connectivity index (χ4n) is 4.97. The minimum absolute atomic E-state index is 0.214. The van der Waals surface area contributed by atoms with Crippen LogP contribution in [0.4, 0.5) is 20.5 Å². The molecular weight excluding hydrogens is 498 g/mol. The normalized spacial score (nSPS) is 13.2. The lowest BCUT2D eigenvalue weighted by Gasteiger charge is -2.24. The molecule has 2 aromatic heterocycles. The standard InChI is InChI=1S/C30H28F2N6O/c1-19-25(14-20-2-6-24(32)7-3-20)29(35-18-34-19)38-12-13-39-28-9-5-21(15-23(28)17-38)22-4-8-26-27(16-22)37-30(36-26)33-11-10-31/h2-9,15-16,18H,10-14,17H2,1H3,(H2,33,36,37). The van der Waals surface area contributed by atoms with Gasteiger partial charge in [-0.15, -0.1) is 0 Å². The van der Waals surface area contributed by atoms with Crippen LogP contribution in [0.2, 0.25) is 0 Å². The van der Waals surface area contributed by atoms with E-state index in [1.165, 1.54) is 12.1 Å². The average Bonchev–Trinajstić information content (AvgIpc) is 3.24. The Labute approximate surface area is 224 Å². The lowest BCUT2D eigenvalue weighted by atomic mass is 10.0. The molecular formula is C30H28F2N6O. The van der Waals surface area contributed by atoms with Crippen molar-refractivity contribution in [2.45, 2.75) is 19.9 Å². The summed E-state index contributed by atoms with van der Waals surface area (Å²) in [6.45, 7) is 3.56. The van der Waals surface area contributed by atoms with Crippen LogP contribution in [0.3, 0.4) is 0 Å². The van der Waals surface area contributed by atoms with E-state index >= 15 is 0 Å². The van der Waals surface area contributed by atoms with Crippen molar-refractivity contribution in [3.05, 3.63) is 95.2 Å². The van der Waals surface area contributed by atoms with Crippen molar-refractivity contribution in [1.82, 2.24) is 19.9 Å². The predicted octanol–water partition coefficient (Wildman–Crippen LogP) is 5.84. The summed E-state index contributed by atoms with van der Waals surface area (Å²) in [5.41, 5.74) is 7.77. The smallest absolute Gasteiger partial charge is 0.201 e. The van der Waals surface area contributed by atoms with Crippen LogP contribution in [0.25, 0.3) is 22.2 Å². The Morgan fingerprint density at radius 1 is 1.03 bits per heavy atom. The molecule has 0 bridgehead atoms. The Kier molecular flexibility index (Phi) is 6.79. The Morgan fingerprint density at radius 2 is 1.85 bits per heavy atom. The number of benzene rings is 3. The van der Waals surface area contributed by atoms with Gasteiger partial charge >= 0.3 is 0 Å². The first-order valence-corrected chi connectivity index (χ1v) is 12.9. The Morgan fingerprint density at radius 3 is 2.69 bits per heavy atom. The molecule has 0 saturated heterocycles. The molecule has 1 aliphatic heterocycles. The molecule has 0 spiro atoms. The van der Waals surface area contributed by atoms with Crippen molar-refractivity contribution in [2.75, 3.05) is 36.6 Å². The van der Waals surface area contributed by atoms with Crippen LogP contribution in [0, 0.1) is 12.7 Å². The topological polar surface area (TPSA) is 79.0 Å². The zero-order chi connectivity index (χ0) is 26.8. The molecule has 6 rings (SSSR count). The molecule has 5 aromatic rings. The summed E-state index contributed by atoms with van der Waals surface area (Å²) in [4.78, 5) is 19.0. The van der Waals surface area contributed by atoms with Gasteiger partial charge in [0.05, 0.1) is 17.6 Å². The van der Waals surface area contributed by atoms with Gasteiger partial charge in [0, 0.05) is 36.3 Å². The number of hydrogen-bond acceptors (Lipinski definition) is 6. The van der Waals surface area contributed by atoms with Crippen molar-refractivity contribution in [2.24, 2.45) is 0 Å². The third kappa shape index (κ3) is 5.25. The monoisotopic (exact) mass is 526 g/mol. The summed E-state index contributed by atoms with van der Waals surface area (Å²) in [5.74, 6) is 2.02. The maximum atomic E-state index is 13.5. The van der Waals surface area contributed by atoms with Gasteiger partial charge in [-0.25, -0.2) is 23.7 Å². The fraction of sp³-hybridized carbons (Fsp3) is 0.233. The summed E-state index contributed by atoms with van der Waals surface area (Å²) in [6, 6.07) is 18.8. The number of aryl methyl sites for hydroxylation is 1. The van der Waals surface area contributed by atoms with Crippen LogP contribution < -0.4 is 15.0 Å². The molecule has 0 saturated carbocycles. The number of rotatable bonds is 7. The highest BCUT2D eigenvalue weighted by Gasteiger charge is 2.21. The van der Waals surface area contributed by atoms with Gasteiger partial charge in [0.1, 0.15) is 37.0 Å². The van der Waals surface area contributed by atoms with E-state index in [0.29, 0.717) is 32.1 Å². The molecule has 0 aliphatic carbocycles. The van der Waals surface area contributed by atoms with E-state index in [1.807, 2.05) is 25.1 Å². The number of aromatic amines is 1. The van der Waals surface area contributed by atoms with Gasteiger partial charge < -0.3 is 19.9 Å². The molecule has 3 aromatic carbocycles. The van der Waals surface area contributed by atoms with Crippen molar-refractivity contribution in [3.63, 3.8) is 0 Å². The van der Waals surface area contributed by atoms with Crippen LogP contribution in [-0.4, -0.2) is 46.3 Å². The zero-order valence-electron chi connectivity index (χ0n) is 21.5. The second-order valence-corrected chi connectivity index (χ2v) is 9.59.